The van der Waals surface area contributed by atoms with Crippen LogP contribution in [0.5, 0.6) is 0 Å². The fourth-order valence-corrected chi connectivity index (χ4v) is 5.14. The summed E-state index contributed by atoms with van der Waals surface area (Å²) in [7, 11) is 0. The van der Waals surface area contributed by atoms with Crippen LogP contribution in [0, 0.1) is 47.4 Å². The van der Waals surface area contributed by atoms with E-state index in [0.29, 0.717) is 0 Å². The number of benzene rings is 4. The molecule has 4 aromatic rings. The maximum absolute atomic E-state index is 3.28. The zero-order valence-electron chi connectivity index (χ0n) is 27.7. The number of hydrogen-bond donors (Lipinski definition) is 0. The lowest BCUT2D eigenvalue weighted by molar-refractivity contribution is 0.632. The number of aryl methyl sites for hydroxylation is 2. The Labute approximate surface area is 279 Å². The quantitative estimate of drug-likeness (QED) is 0.112. The van der Waals surface area contributed by atoms with Gasteiger partial charge in [-0.3, -0.25) is 0 Å². The first-order valence-electron chi connectivity index (χ1n) is 17.2. The third-order valence-corrected chi connectivity index (χ3v) is 7.99. The fourth-order valence-electron chi connectivity index (χ4n) is 5.14. The lowest BCUT2D eigenvalue weighted by Gasteiger charge is -2.01. The zero-order valence-corrected chi connectivity index (χ0v) is 27.7. The number of hydrogen-bond acceptors (Lipinski definition) is 0. The monoisotopic (exact) mass is 598 g/mol. The van der Waals surface area contributed by atoms with Crippen LogP contribution in [0.2, 0.25) is 0 Å². The summed E-state index contributed by atoms with van der Waals surface area (Å²) in [5, 5.41) is 0. The Morgan fingerprint density at radius 1 is 0.304 bits per heavy atom. The molecule has 0 spiro atoms. The van der Waals surface area contributed by atoms with Gasteiger partial charge in [-0.05, 0) is 121 Å². The van der Waals surface area contributed by atoms with Crippen molar-refractivity contribution in [3.63, 3.8) is 0 Å². The molecule has 0 saturated heterocycles. The van der Waals surface area contributed by atoms with Gasteiger partial charge < -0.3 is 0 Å². The van der Waals surface area contributed by atoms with Crippen molar-refractivity contribution in [2.75, 3.05) is 0 Å². The number of rotatable bonds is 12. The predicted octanol–water partition coefficient (Wildman–Crippen LogP) is 10.9. The highest BCUT2D eigenvalue weighted by molar-refractivity contribution is 5.50. The molecule has 0 aromatic heterocycles. The molecule has 0 nitrogen and oxygen atoms in total. The Kier molecular flexibility index (Phi) is 14.9. The molecule has 230 valence electrons. The first-order chi connectivity index (χ1) is 22.7. The van der Waals surface area contributed by atoms with Crippen LogP contribution < -0.4 is 0 Å². The van der Waals surface area contributed by atoms with Crippen molar-refractivity contribution >= 4 is 0 Å². The van der Waals surface area contributed by atoms with Crippen molar-refractivity contribution < 1.29 is 0 Å². The van der Waals surface area contributed by atoms with Crippen LogP contribution >= 0.6 is 0 Å². The van der Waals surface area contributed by atoms with Gasteiger partial charge in [-0.15, -0.1) is 0 Å². The van der Waals surface area contributed by atoms with Gasteiger partial charge in [0.25, 0.3) is 0 Å². The van der Waals surface area contributed by atoms with E-state index in [1.807, 2.05) is 48.5 Å². The molecule has 4 aromatic carbocycles. The molecule has 46 heavy (non-hydrogen) atoms. The molecule has 0 radical (unpaired) electrons. The van der Waals surface area contributed by atoms with Gasteiger partial charge >= 0.3 is 0 Å². The maximum atomic E-state index is 3.28. The smallest absolute Gasteiger partial charge is 0.0256 e. The summed E-state index contributed by atoms with van der Waals surface area (Å²) in [6.07, 6.45) is 15.5. The Morgan fingerprint density at radius 2 is 0.565 bits per heavy atom. The maximum Gasteiger partial charge on any atom is 0.0256 e. The van der Waals surface area contributed by atoms with E-state index in [9.17, 15) is 0 Å². The molecule has 0 N–H and O–H groups in total. The van der Waals surface area contributed by atoms with E-state index < -0.39 is 0 Å². The van der Waals surface area contributed by atoms with Crippen LogP contribution in [0.25, 0.3) is 0 Å². The third kappa shape index (κ3) is 13.0. The molecule has 0 aliphatic rings. The van der Waals surface area contributed by atoms with Crippen molar-refractivity contribution in [2.45, 2.75) is 90.9 Å². The lowest BCUT2D eigenvalue weighted by Crippen LogP contribution is -1.86. The van der Waals surface area contributed by atoms with Crippen molar-refractivity contribution in [1.29, 1.82) is 0 Å². The summed E-state index contributed by atoms with van der Waals surface area (Å²) in [6.45, 7) is 4.52. The van der Waals surface area contributed by atoms with Gasteiger partial charge in [-0.1, -0.05) is 125 Å². The molecule has 0 aliphatic carbocycles. The van der Waals surface area contributed by atoms with Crippen molar-refractivity contribution in [3.05, 3.63) is 142 Å². The second-order valence-corrected chi connectivity index (χ2v) is 11.9. The predicted molar refractivity (Wildman–Crippen MR) is 196 cm³/mol. The van der Waals surface area contributed by atoms with E-state index in [-0.39, 0.29) is 0 Å². The molecule has 0 bridgehead atoms. The van der Waals surface area contributed by atoms with E-state index in [4.69, 9.17) is 0 Å². The second kappa shape index (κ2) is 20.2. The normalized spacial score (nSPS) is 9.87. The molecule has 0 heterocycles. The molecule has 4 rings (SSSR count). The molecule has 0 heteroatoms. The summed E-state index contributed by atoms with van der Waals surface area (Å²) in [5.41, 5.74) is 8.69. The summed E-state index contributed by atoms with van der Waals surface area (Å²) < 4.78 is 0. The summed E-state index contributed by atoms with van der Waals surface area (Å²) in [4.78, 5) is 0. The summed E-state index contributed by atoms with van der Waals surface area (Å²) >= 11 is 0. The highest BCUT2D eigenvalue weighted by Gasteiger charge is 1.97. The van der Waals surface area contributed by atoms with Crippen LogP contribution in [0.3, 0.4) is 0 Å². The van der Waals surface area contributed by atoms with Gasteiger partial charge in [-0.25, -0.2) is 0 Å². The standard InChI is InChI=1S/C46H46/c1-3-5-7-9-11-15-39-19-27-43(28-20-39)35-37-45-31-23-41(24-32-45)17-13-14-18-42-25-33-46(34-26-42)38-36-44-29-21-40(22-30-44)16-12-10-8-6-4-2/h19-34H,3-12,15-16H2,1-2H3. The largest absolute Gasteiger partial charge is 0.0654 e. The summed E-state index contributed by atoms with van der Waals surface area (Å²) in [5.74, 6) is 25.3. The molecule has 0 aliphatic heterocycles. The number of unbranched alkanes of at least 4 members (excludes halogenated alkanes) is 8. The molecule has 0 amide bonds. The highest BCUT2D eigenvalue weighted by Crippen LogP contribution is 2.12. The Bertz CT molecular complexity index is 1590. The van der Waals surface area contributed by atoms with Gasteiger partial charge in [-0.2, -0.15) is 0 Å². The topological polar surface area (TPSA) is 0 Å². The van der Waals surface area contributed by atoms with Gasteiger partial charge in [0.15, 0.2) is 0 Å². The van der Waals surface area contributed by atoms with Gasteiger partial charge in [0, 0.05) is 33.4 Å². The van der Waals surface area contributed by atoms with E-state index >= 15 is 0 Å². The van der Waals surface area contributed by atoms with Gasteiger partial charge in [0.1, 0.15) is 0 Å². The van der Waals surface area contributed by atoms with Gasteiger partial charge in [0.05, 0.1) is 0 Å². The van der Waals surface area contributed by atoms with E-state index in [1.165, 1.54) is 75.3 Å². The van der Waals surface area contributed by atoms with Crippen LogP contribution in [0.4, 0.5) is 0 Å². The fraction of sp³-hybridized carbons (Fsp3) is 0.304. The van der Waals surface area contributed by atoms with Gasteiger partial charge in [0.2, 0.25) is 0 Å². The molecular weight excluding hydrogens is 553 g/mol. The average molecular weight is 599 g/mol. The molecule has 0 atom stereocenters. The Balaban J connectivity index is 1.22. The van der Waals surface area contributed by atoms with E-state index in [1.54, 1.807) is 0 Å². The van der Waals surface area contributed by atoms with Crippen molar-refractivity contribution in [2.24, 2.45) is 0 Å². The third-order valence-electron chi connectivity index (χ3n) is 7.99. The highest BCUT2D eigenvalue weighted by atomic mass is 14.0. The average Bonchev–Trinajstić information content (AvgIpc) is 3.10. The van der Waals surface area contributed by atoms with Crippen molar-refractivity contribution in [1.82, 2.24) is 0 Å². The Morgan fingerprint density at radius 3 is 0.870 bits per heavy atom. The van der Waals surface area contributed by atoms with E-state index in [2.05, 4.69) is 110 Å². The van der Waals surface area contributed by atoms with Crippen LogP contribution in [-0.2, 0) is 12.8 Å². The SMILES string of the molecule is CCCCCCCc1ccc(C#Cc2ccc(C#CC#Cc3ccc(C#Cc4ccc(CCCCCCC)cc4)cc3)cc2)cc1. The minimum atomic E-state index is 0.925. The Hall–Kier alpha value is -4.88. The molecule has 0 unspecified atom stereocenters. The second-order valence-electron chi connectivity index (χ2n) is 11.9. The molecular formula is C46H46. The van der Waals surface area contributed by atoms with Crippen LogP contribution in [0.1, 0.15) is 123 Å². The first-order valence-corrected chi connectivity index (χ1v) is 17.2. The molecule has 0 fully saturated rings. The lowest BCUT2D eigenvalue weighted by atomic mass is 10.0. The van der Waals surface area contributed by atoms with Crippen molar-refractivity contribution in [3.8, 4) is 47.4 Å². The first kappa shape index (κ1) is 34.0. The minimum absolute atomic E-state index is 0.925. The van der Waals surface area contributed by atoms with Crippen LogP contribution in [0.15, 0.2) is 97.1 Å². The summed E-state index contributed by atoms with van der Waals surface area (Å²) in [6, 6.07) is 33.4. The minimum Gasteiger partial charge on any atom is -0.0654 e. The van der Waals surface area contributed by atoms with E-state index in [0.717, 1.165) is 46.2 Å². The zero-order chi connectivity index (χ0) is 32.1. The molecule has 0 saturated carbocycles. The van der Waals surface area contributed by atoms with Crippen LogP contribution in [-0.4, -0.2) is 0 Å².